The second kappa shape index (κ2) is 3.39. The molecule has 0 aliphatic carbocycles. The molecule has 0 unspecified atom stereocenters. The van der Waals surface area contributed by atoms with E-state index in [9.17, 15) is 9.90 Å². The maximum atomic E-state index is 9.91. The largest absolute Gasteiger partial charge is 1.00 e. The first-order chi connectivity index (χ1) is 4.20. The smallest absolute Gasteiger partial charge is 0.540 e. The van der Waals surface area contributed by atoms with Crippen LogP contribution in [0.25, 0.3) is 0 Å². The van der Waals surface area contributed by atoms with Crippen molar-refractivity contribution in [2.45, 2.75) is 6.92 Å². The van der Waals surface area contributed by atoms with E-state index in [0.29, 0.717) is 0 Å². The van der Waals surface area contributed by atoms with Crippen molar-refractivity contribution in [1.29, 1.82) is 0 Å². The number of carboxylic acids is 1. The number of aromatic nitrogens is 2. The summed E-state index contributed by atoms with van der Waals surface area (Å²) in [7, 11) is 0. The van der Waals surface area contributed by atoms with E-state index in [1.54, 1.807) is 0 Å². The van der Waals surface area contributed by atoms with Gasteiger partial charge in [-0.3, -0.25) is 0 Å². The summed E-state index contributed by atoms with van der Waals surface area (Å²) in [5, 5.41) is 16.3. The van der Waals surface area contributed by atoms with Crippen LogP contribution >= 0.6 is 0 Å². The summed E-state index contributed by atoms with van der Waals surface area (Å²) >= 11 is 0. The maximum Gasteiger partial charge on any atom is 1.00 e. The van der Waals surface area contributed by atoms with Crippen LogP contribution in [0, 0.1) is 6.92 Å². The van der Waals surface area contributed by atoms with Crippen molar-refractivity contribution in [2.24, 2.45) is 0 Å². The van der Waals surface area contributed by atoms with E-state index in [2.05, 4.69) is 14.6 Å². The molecule has 0 amide bonds. The SMILES string of the molecule is Cc1nnc(C(=O)[O-])o1.[Li+]. The van der Waals surface area contributed by atoms with E-state index in [1.165, 1.54) is 6.92 Å². The molecule has 1 aromatic rings. The van der Waals surface area contributed by atoms with Crippen LogP contribution in [0.2, 0.25) is 0 Å². The number of hydrogen-bond donors (Lipinski definition) is 0. The summed E-state index contributed by atoms with van der Waals surface area (Å²) in [5.41, 5.74) is 0. The monoisotopic (exact) mass is 134 g/mol. The number of hydrogen-bond acceptors (Lipinski definition) is 5. The van der Waals surface area contributed by atoms with Crippen LogP contribution in [0.15, 0.2) is 4.42 Å². The molecule has 0 aliphatic rings. The third-order valence-electron chi connectivity index (χ3n) is 0.701. The topological polar surface area (TPSA) is 79.0 Å². The standard InChI is InChI=1S/C4H4N2O3.Li/c1-2-5-6-3(9-2)4(7)8;/h1H3,(H,7,8);/q;+1/p-1. The quantitative estimate of drug-likeness (QED) is 0.363. The first kappa shape index (κ1) is 9.21. The van der Waals surface area contributed by atoms with Gasteiger partial charge in [-0.25, -0.2) is 0 Å². The fourth-order valence-electron chi connectivity index (χ4n) is 0.379. The van der Waals surface area contributed by atoms with Gasteiger partial charge in [0.15, 0.2) is 0 Å². The van der Waals surface area contributed by atoms with Gasteiger partial charge in [-0.1, -0.05) is 0 Å². The molecule has 0 saturated heterocycles. The molecule has 0 atom stereocenters. The average Bonchev–Trinajstić information content (AvgIpc) is 2.14. The number of carbonyl (C=O) groups is 1. The van der Waals surface area contributed by atoms with Crippen molar-refractivity contribution in [1.82, 2.24) is 10.2 Å². The fraction of sp³-hybridized carbons (Fsp3) is 0.250. The van der Waals surface area contributed by atoms with Crippen LogP contribution in [0.5, 0.6) is 0 Å². The molecule has 0 N–H and O–H groups in total. The van der Waals surface area contributed by atoms with Crippen molar-refractivity contribution in [3.8, 4) is 0 Å². The second-order valence-electron chi connectivity index (χ2n) is 1.41. The number of rotatable bonds is 1. The van der Waals surface area contributed by atoms with Crippen LogP contribution < -0.4 is 24.0 Å². The van der Waals surface area contributed by atoms with Crippen LogP contribution in [-0.2, 0) is 0 Å². The molecule has 5 nitrogen and oxygen atoms in total. The number of aromatic carboxylic acids is 1. The van der Waals surface area contributed by atoms with Gasteiger partial charge in [0.05, 0.1) is 0 Å². The van der Waals surface area contributed by atoms with Gasteiger partial charge >= 0.3 is 18.9 Å². The summed E-state index contributed by atoms with van der Waals surface area (Å²) in [5.74, 6) is -1.71. The van der Waals surface area contributed by atoms with Gasteiger partial charge in [0, 0.05) is 6.92 Å². The molecule has 0 aliphatic heterocycles. The zero-order valence-electron chi connectivity index (χ0n) is 5.62. The fourth-order valence-corrected chi connectivity index (χ4v) is 0.379. The van der Waals surface area contributed by atoms with Gasteiger partial charge in [0.1, 0.15) is 5.97 Å². The van der Waals surface area contributed by atoms with Crippen molar-refractivity contribution < 1.29 is 33.2 Å². The van der Waals surface area contributed by atoms with Gasteiger partial charge in [0.2, 0.25) is 5.89 Å². The molecular weight excluding hydrogens is 131 g/mol. The predicted molar refractivity (Wildman–Crippen MR) is 23.4 cm³/mol. The van der Waals surface area contributed by atoms with Crippen molar-refractivity contribution in [2.75, 3.05) is 0 Å². The molecule has 0 aromatic carbocycles. The molecule has 1 heterocycles. The molecule has 0 radical (unpaired) electrons. The first-order valence-electron chi connectivity index (χ1n) is 2.21. The average molecular weight is 134 g/mol. The number of carbonyl (C=O) groups excluding carboxylic acids is 1. The molecule has 0 saturated carbocycles. The van der Waals surface area contributed by atoms with Crippen LogP contribution in [0.3, 0.4) is 0 Å². The van der Waals surface area contributed by atoms with Crippen LogP contribution in [0.4, 0.5) is 0 Å². The van der Waals surface area contributed by atoms with E-state index in [-0.39, 0.29) is 24.8 Å². The Bertz CT molecular complexity index is 234. The minimum atomic E-state index is -1.45. The first-order valence-corrected chi connectivity index (χ1v) is 2.21. The summed E-state index contributed by atoms with van der Waals surface area (Å²) in [6.45, 7) is 1.50. The zero-order chi connectivity index (χ0) is 6.85. The molecule has 0 fully saturated rings. The molecule has 1 aromatic heterocycles. The molecule has 1 rings (SSSR count). The minimum absolute atomic E-state index is 0. The Morgan fingerprint density at radius 1 is 1.60 bits per heavy atom. The van der Waals surface area contributed by atoms with Crippen LogP contribution in [0.1, 0.15) is 16.6 Å². The Kier molecular flexibility index (Phi) is 3.13. The molecule has 10 heavy (non-hydrogen) atoms. The van der Waals surface area contributed by atoms with E-state index >= 15 is 0 Å². The van der Waals surface area contributed by atoms with Crippen LogP contribution in [-0.4, -0.2) is 16.2 Å². The Morgan fingerprint density at radius 3 is 2.40 bits per heavy atom. The van der Waals surface area contributed by atoms with E-state index in [4.69, 9.17) is 0 Å². The number of nitrogens with zero attached hydrogens (tertiary/aromatic N) is 2. The minimum Gasteiger partial charge on any atom is -0.540 e. The summed E-state index contributed by atoms with van der Waals surface area (Å²) in [4.78, 5) is 9.91. The zero-order valence-corrected chi connectivity index (χ0v) is 5.62. The Hall–Kier alpha value is -0.793. The summed E-state index contributed by atoms with van der Waals surface area (Å²) < 4.78 is 4.46. The third kappa shape index (κ3) is 1.86. The van der Waals surface area contributed by atoms with Gasteiger partial charge in [-0.15, -0.1) is 10.2 Å². The summed E-state index contributed by atoms with van der Waals surface area (Å²) in [6, 6.07) is 0. The van der Waals surface area contributed by atoms with Crippen molar-refractivity contribution >= 4 is 5.97 Å². The predicted octanol–water partition coefficient (Wildman–Crippen LogP) is -4.25. The Morgan fingerprint density at radius 2 is 2.20 bits per heavy atom. The van der Waals surface area contributed by atoms with Gasteiger partial charge in [0.25, 0.3) is 5.89 Å². The maximum absolute atomic E-state index is 9.91. The van der Waals surface area contributed by atoms with Crippen molar-refractivity contribution in [3.05, 3.63) is 11.8 Å². The Labute approximate surface area is 68.6 Å². The normalized spacial score (nSPS) is 8.50. The van der Waals surface area contributed by atoms with E-state index in [0.717, 1.165) is 0 Å². The van der Waals surface area contributed by atoms with Gasteiger partial charge < -0.3 is 14.3 Å². The van der Waals surface area contributed by atoms with E-state index < -0.39 is 11.9 Å². The second-order valence-corrected chi connectivity index (χ2v) is 1.41. The molecule has 0 spiro atoms. The molecular formula is C4H3LiN2O3. The van der Waals surface area contributed by atoms with E-state index in [1.807, 2.05) is 0 Å². The van der Waals surface area contributed by atoms with Gasteiger partial charge in [-0.05, 0) is 0 Å². The molecule has 6 heteroatoms. The van der Waals surface area contributed by atoms with Crippen molar-refractivity contribution in [3.63, 3.8) is 0 Å². The summed E-state index contributed by atoms with van der Waals surface area (Å²) in [6.07, 6.45) is 0. The molecule has 0 bridgehead atoms. The third-order valence-corrected chi connectivity index (χ3v) is 0.701. The Balaban J connectivity index is 0.000000810. The molecule has 48 valence electrons. The van der Waals surface area contributed by atoms with Gasteiger partial charge in [-0.2, -0.15) is 0 Å². The number of carboxylic acid groups (broad SMARTS) is 1. The number of aryl methyl sites for hydroxylation is 1.